The molecule has 5 heteroatoms. The summed E-state index contributed by atoms with van der Waals surface area (Å²) in [6, 6.07) is 3.55. The van der Waals surface area contributed by atoms with E-state index in [0.717, 1.165) is 5.56 Å². The van der Waals surface area contributed by atoms with Gasteiger partial charge in [-0.2, -0.15) is 0 Å². The number of hydrogen-bond donors (Lipinski definition) is 2. The number of carboxylic acids is 1. The third kappa shape index (κ3) is 5.09. The van der Waals surface area contributed by atoms with Crippen LogP contribution < -0.4 is 5.32 Å². The summed E-state index contributed by atoms with van der Waals surface area (Å²) in [6.07, 6.45) is 4.10. The maximum Gasteiger partial charge on any atom is 0.303 e. The Labute approximate surface area is 93.5 Å². The first kappa shape index (κ1) is 12.2. The minimum Gasteiger partial charge on any atom is -0.481 e. The maximum atomic E-state index is 11.4. The van der Waals surface area contributed by atoms with Gasteiger partial charge in [-0.15, -0.1) is 0 Å². The van der Waals surface area contributed by atoms with Gasteiger partial charge in [0.25, 0.3) is 0 Å². The molecule has 5 nitrogen and oxygen atoms in total. The Balaban J connectivity index is 2.19. The summed E-state index contributed by atoms with van der Waals surface area (Å²) in [4.78, 5) is 25.4. The summed E-state index contributed by atoms with van der Waals surface area (Å²) in [5.41, 5.74) is 0.894. The highest BCUT2D eigenvalue weighted by atomic mass is 16.4. The van der Waals surface area contributed by atoms with Crippen LogP contribution in [0.15, 0.2) is 24.5 Å². The predicted molar refractivity (Wildman–Crippen MR) is 57.8 cm³/mol. The van der Waals surface area contributed by atoms with E-state index in [2.05, 4.69) is 10.3 Å². The average Bonchev–Trinajstić information content (AvgIpc) is 2.25. The standard InChI is InChI=1S/C11H14N2O3/c14-10(13-5-1-2-11(15)16)8-9-3-6-12-7-4-9/h3-4,6-7H,1-2,5,8H2,(H,13,14)(H,15,16). The van der Waals surface area contributed by atoms with E-state index in [9.17, 15) is 9.59 Å². The van der Waals surface area contributed by atoms with Crippen molar-refractivity contribution < 1.29 is 14.7 Å². The molecule has 0 aliphatic carbocycles. The highest BCUT2D eigenvalue weighted by Gasteiger charge is 2.02. The van der Waals surface area contributed by atoms with E-state index in [1.165, 1.54) is 0 Å². The van der Waals surface area contributed by atoms with Crippen molar-refractivity contribution in [2.24, 2.45) is 0 Å². The van der Waals surface area contributed by atoms with Gasteiger partial charge in [-0.3, -0.25) is 14.6 Å². The Kier molecular flexibility index (Phi) is 4.98. The molecule has 0 unspecified atom stereocenters. The molecule has 2 N–H and O–H groups in total. The van der Waals surface area contributed by atoms with E-state index < -0.39 is 5.97 Å². The molecule has 0 radical (unpaired) electrons. The molecule has 1 amide bonds. The first-order valence-electron chi connectivity index (χ1n) is 5.06. The molecule has 1 rings (SSSR count). The molecule has 1 aromatic heterocycles. The van der Waals surface area contributed by atoms with E-state index in [4.69, 9.17) is 5.11 Å². The van der Waals surface area contributed by atoms with Crippen molar-refractivity contribution in [2.45, 2.75) is 19.3 Å². The zero-order valence-electron chi connectivity index (χ0n) is 8.85. The lowest BCUT2D eigenvalue weighted by Crippen LogP contribution is -2.26. The number of nitrogens with zero attached hydrogens (tertiary/aromatic N) is 1. The lowest BCUT2D eigenvalue weighted by molar-refractivity contribution is -0.137. The minimum absolute atomic E-state index is 0.0789. The van der Waals surface area contributed by atoms with Crippen LogP contribution in [-0.2, 0) is 16.0 Å². The number of rotatable bonds is 6. The fourth-order valence-electron chi connectivity index (χ4n) is 1.22. The lowest BCUT2D eigenvalue weighted by atomic mass is 10.2. The summed E-state index contributed by atoms with van der Waals surface area (Å²) in [6.45, 7) is 0.399. The first-order chi connectivity index (χ1) is 7.68. The zero-order valence-corrected chi connectivity index (χ0v) is 8.85. The normalized spacial score (nSPS) is 9.75. The molecule has 0 atom stereocenters. The van der Waals surface area contributed by atoms with Crippen LogP contribution in [0.1, 0.15) is 18.4 Å². The SMILES string of the molecule is O=C(O)CCCNC(=O)Cc1ccncc1. The van der Waals surface area contributed by atoms with E-state index in [1.54, 1.807) is 24.5 Å². The van der Waals surface area contributed by atoms with Gasteiger partial charge in [-0.25, -0.2) is 0 Å². The van der Waals surface area contributed by atoms with Gasteiger partial charge in [0.05, 0.1) is 6.42 Å². The van der Waals surface area contributed by atoms with Gasteiger partial charge in [0, 0.05) is 25.4 Å². The van der Waals surface area contributed by atoms with Crippen LogP contribution in [0.5, 0.6) is 0 Å². The molecule has 1 aromatic rings. The number of aliphatic carboxylic acids is 1. The van der Waals surface area contributed by atoms with Crippen LogP contribution in [0.3, 0.4) is 0 Å². The van der Waals surface area contributed by atoms with E-state index in [1.807, 2.05) is 0 Å². The van der Waals surface area contributed by atoms with Crippen LogP contribution >= 0.6 is 0 Å². The number of amides is 1. The van der Waals surface area contributed by atoms with Gasteiger partial charge in [0.15, 0.2) is 0 Å². The monoisotopic (exact) mass is 222 g/mol. The first-order valence-corrected chi connectivity index (χ1v) is 5.06. The van der Waals surface area contributed by atoms with Gasteiger partial charge in [0.1, 0.15) is 0 Å². The molecular formula is C11H14N2O3. The molecule has 0 fully saturated rings. The molecular weight excluding hydrogens is 208 g/mol. The van der Waals surface area contributed by atoms with Gasteiger partial charge < -0.3 is 10.4 Å². The van der Waals surface area contributed by atoms with Gasteiger partial charge in [-0.05, 0) is 24.1 Å². The lowest BCUT2D eigenvalue weighted by Gasteiger charge is -2.03. The summed E-state index contributed by atoms with van der Waals surface area (Å²) in [7, 11) is 0. The average molecular weight is 222 g/mol. The predicted octanol–water partition coefficient (Wildman–Crippen LogP) is 0.605. The number of carbonyl (C=O) groups excluding carboxylic acids is 1. The van der Waals surface area contributed by atoms with Gasteiger partial charge in [0.2, 0.25) is 5.91 Å². The molecule has 16 heavy (non-hydrogen) atoms. The Hall–Kier alpha value is -1.91. The topological polar surface area (TPSA) is 79.3 Å². The molecule has 86 valence electrons. The molecule has 0 saturated heterocycles. The fourth-order valence-corrected chi connectivity index (χ4v) is 1.22. The summed E-state index contributed by atoms with van der Waals surface area (Å²) >= 11 is 0. The molecule has 0 saturated carbocycles. The Morgan fingerprint density at radius 3 is 2.62 bits per heavy atom. The van der Waals surface area contributed by atoms with Crippen LogP contribution in [0.25, 0.3) is 0 Å². The Bertz CT molecular complexity index is 352. The second-order valence-electron chi connectivity index (χ2n) is 3.38. The van der Waals surface area contributed by atoms with Crippen LogP contribution in [-0.4, -0.2) is 28.5 Å². The zero-order chi connectivity index (χ0) is 11.8. The third-order valence-electron chi connectivity index (χ3n) is 2.00. The molecule has 0 bridgehead atoms. The minimum atomic E-state index is -0.844. The van der Waals surface area contributed by atoms with Gasteiger partial charge >= 0.3 is 5.97 Å². The summed E-state index contributed by atoms with van der Waals surface area (Å²) < 4.78 is 0. The second kappa shape index (κ2) is 6.55. The van der Waals surface area contributed by atoms with Crippen molar-refractivity contribution in [2.75, 3.05) is 6.54 Å². The number of pyridine rings is 1. The quantitative estimate of drug-likeness (QED) is 0.691. The Morgan fingerprint density at radius 2 is 2.00 bits per heavy atom. The maximum absolute atomic E-state index is 11.4. The van der Waals surface area contributed by atoms with Crippen molar-refractivity contribution in [1.29, 1.82) is 0 Å². The highest BCUT2D eigenvalue weighted by Crippen LogP contribution is 1.97. The smallest absolute Gasteiger partial charge is 0.303 e. The van der Waals surface area contributed by atoms with E-state index in [-0.39, 0.29) is 12.3 Å². The van der Waals surface area contributed by atoms with Crippen LogP contribution in [0.4, 0.5) is 0 Å². The van der Waals surface area contributed by atoms with Crippen LogP contribution in [0.2, 0.25) is 0 Å². The summed E-state index contributed by atoms with van der Waals surface area (Å²) in [5.74, 6) is -0.944. The van der Waals surface area contributed by atoms with Crippen LogP contribution in [0, 0.1) is 0 Å². The van der Waals surface area contributed by atoms with E-state index in [0.29, 0.717) is 19.4 Å². The molecule has 0 aliphatic rings. The Morgan fingerprint density at radius 1 is 1.31 bits per heavy atom. The fraction of sp³-hybridized carbons (Fsp3) is 0.364. The van der Waals surface area contributed by atoms with Crippen molar-refractivity contribution in [3.63, 3.8) is 0 Å². The molecule has 1 heterocycles. The number of aromatic nitrogens is 1. The highest BCUT2D eigenvalue weighted by molar-refractivity contribution is 5.78. The number of carbonyl (C=O) groups is 2. The second-order valence-corrected chi connectivity index (χ2v) is 3.38. The van der Waals surface area contributed by atoms with Gasteiger partial charge in [-0.1, -0.05) is 0 Å². The number of carboxylic acid groups (broad SMARTS) is 1. The number of hydrogen-bond acceptors (Lipinski definition) is 3. The third-order valence-corrected chi connectivity index (χ3v) is 2.00. The molecule has 0 aromatic carbocycles. The molecule has 0 spiro atoms. The van der Waals surface area contributed by atoms with E-state index >= 15 is 0 Å². The number of nitrogens with one attached hydrogen (secondary N) is 1. The van der Waals surface area contributed by atoms with Crippen molar-refractivity contribution in [1.82, 2.24) is 10.3 Å². The summed E-state index contributed by atoms with van der Waals surface area (Å²) in [5, 5.41) is 11.1. The van der Waals surface area contributed by atoms with Crippen molar-refractivity contribution >= 4 is 11.9 Å². The molecule has 0 aliphatic heterocycles. The van der Waals surface area contributed by atoms with Crippen molar-refractivity contribution in [3.05, 3.63) is 30.1 Å². The van der Waals surface area contributed by atoms with Crippen molar-refractivity contribution in [3.8, 4) is 0 Å². The largest absolute Gasteiger partial charge is 0.481 e.